The molecule has 0 N–H and O–H groups in total. The van der Waals surface area contributed by atoms with Crippen LogP contribution >= 0.6 is 8.58 Å². The third-order valence-corrected chi connectivity index (χ3v) is 5.10. The van der Waals surface area contributed by atoms with E-state index in [0.29, 0.717) is 6.61 Å². The molecule has 122 valence electrons. The minimum atomic E-state index is -0.149. The maximum Gasteiger partial charge on any atom is 0.131 e. The molecule has 0 spiro atoms. The van der Waals surface area contributed by atoms with Gasteiger partial charge >= 0.3 is 0 Å². The van der Waals surface area contributed by atoms with Gasteiger partial charge in [0.1, 0.15) is 18.2 Å². The molecule has 3 aromatic rings. The van der Waals surface area contributed by atoms with Crippen molar-refractivity contribution in [2.75, 3.05) is 0 Å². The number of hydrogen-bond acceptors (Lipinski definition) is 1. The Kier molecular flexibility index (Phi) is 5.27. The molecule has 0 aliphatic carbocycles. The highest BCUT2D eigenvalue weighted by atomic mass is 31.1. The topological polar surface area (TPSA) is 9.23 Å². The lowest BCUT2D eigenvalue weighted by Gasteiger charge is -2.13. The van der Waals surface area contributed by atoms with E-state index in [1.807, 2.05) is 68.4 Å². The summed E-state index contributed by atoms with van der Waals surface area (Å²) in [6.07, 6.45) is 0. The second-order valence-electron chi connectivity index (χ2n) is 5.88. The van der Waals surface area contributed by atoms with E-state index in [1.165, 1.54) is 0 Å². The van der Waals surface area contributed by atoms with Crippen molar-refractivity contribution in [1.82, 2.24) is 0 Å². The number of ether oxygens (including phenoxy) is 1. The van der Waals surface area contributed by atoms with E-state index in [1.54, 1.807) is 6.07 Å². The molecule has 3 aromatic carbocycles. The highest BCUT2D eigenvalue weighted by Crippen LogP contribution is 2.23. The first-order chi connectivity index (χ1) is 11.6. The number of hydrogen-bond donors (Lipinski definition) is 0. The third-order valence-electron chi connectivity index (χ3n) is 3.77. The number of benzene rings is 3. The largest absolute Gasteiger partial charge is 0.488 e. The maximum atomic E-state index is 14.2. The second kappa shape index (κ2) is 7.59. The molecule has 0 radical (unpaired) electrons. The quantitative estimate of drug-likeness (QED) is 0.615. The van der Waals surface area contributed by atoms with Gasteiger partial charge in [0, 0.05) is 10.6 Å². The Morgan fingerprint density at radius 1 is 0.833 bits per heavy atom. The van der Waals surface area contributed by atoms with Gasteiger partial charge in [0.2, 0.25) is 0 Å². The van der Waals surface area contributed by atoms with E-state index in [4.69, 9.17) is 4.74 Å². The molecule has 0 bridgehead atoms. The zero-order chi connectivity index (χ0) is 16.9. The van der Waals surface area contributed by atoms with Crippen LogP contribution in [-0.2, 0) is 6.61 Å². The molecule has 0 saturated heterocycles. The molecule has 1 nitrogen and oxygen atoms in total. The minimum absolute atomic E-state index is 0.149. The summed E-state index contributed by atoms with van der Waals surface area (Å²) in [5.74, 6) is 0.673. The fourth-order valence-electron chi connectivity index (χ4n) is 2.47. The molecule has 0 heterocycles. The summed E-state index contributed by atoms with van der Waals surface area (Å²) in [6.45, 7) is 4.45. The van der Waals surface area contributed by atoms with E-state index in [2.05, 4.69) is 6.07 Å². The summed E-state index contributed by atoms with van der Waals surface area (Å²) in [6, 6.07) is 21.6. The van der Waals surface area contributed by atoms with Gasteiger partial charge < -0.3 is 4.74 Å². The van der Waals surface area contributed by atoms with Crippen LogP contribution in [0.1, 0.15) is 16.7 Å². The second-order valence-corrected chi connectivity index (χ2v) is 7.21. The summed E-state index contributed by atoms with van der Waals surface area (Å²) in [5, 5.41) is 1.75. The van der Waals surface area contributed by atoms with Crippen LogP contribution in [0.5, 0.6) is 5.75 Å². The molecule has 0 aliphatic rings. The van der Waals surface area contributed by atoms with Crippen LogP contribution in [0.15, 0.2) is 66.7 Å². The van der Waals surface area contributed by atoms with Gasteiger partial charge in [-0.25, -0.2) is 4.39 Å². The van der Waals surface area contributed by atoms with Gasteiger partial charge in [0.25, 0.3) is 0 Å². The Morgan fingerprint density at radius 3 is 2.29 bits per heavy atom. The first-order valence-corrected chi connectivity index (χ1v) is 8.92. The van der Waals surface area contributed by atoms with Crippen LogP contribution in [0.3, 0.4) is 0 Å². The predicted molar refractivity (Wildman–Crippen MR) is 101 cm³/mol. The molecule has 3 heteroatoms. The van der Waals surface area contributed by atoms with Crippen molar-refractivity contribution in [2.45, 2.75) is 20.5 Å². The van der Waals surface area contributed by atoms with Crippen molar-refractivity contribution in [3.05, 3.63) is 89.2 Å². The Hall–Kier alpha value is -2.18. The Balaban J connectivity index is 1.82. The average molecular weight is 338 g/mol. The van der Waals surface area contributed by atoms with Crippen LogP contribution in [0.2, 0.25) is 0 Å². The maximum absolute atomic E-state index is 14.2. The highest BCUT2D eigenvalue weighted by molar-refractivity contribution is 7.55. The summed E-state index contributed by atoms with van der Waals surface area (Å²) in [7, 11) is 0.235. The van der Waals surface area contributed by atoms with E-state index < -0.39 is 0 Å². The van der Waals surface area contributed by atoms with Crippen molar-refractivity contribution in [2.24, 2.45) is 0 Å². The average Bonchev–Trinajstić information content (AvgIpc) is 2.57. The van der Waals surface area contributed by atoms with Gasteiger partial charge in [0.05, 0.1) is 0 Å². The molecule has 0 aromatic heterocycles. The number of aryl methyl sites for hydroxylation is 2. The molecular weight excluding hydrogens is 318 g/mol. The Labute approximate surface area is 144 Å². The molecule has 0 saturated carbocycles. The molecule has 3 rings (SSSR count). The van der Waals surface area contributed by atoms with Gasteiger partial charge in [0.15, 0.2) is 0 Å². The summed E-state index contributed by atoms with van der Waals surface area (Å²) >= 11 is 0. The fourth-order valence-corrected chi connectivity index (χ4v) is 3.70. The smallest absolute Gasteiger partial charge is 0.131 e. The predicted octanol–water partition coefficient (Wildman–Crippen LogP) is 4.65. The normalized spacial score (nSPS) is 11.1. The van der Waals surface area contributed by atoms with Gasteiger partial charge in [-0.2, -0.15) is 0 Å². The lowest BCUT2D eigenvalue weighted by Crippen LogP contribution is -2.11. The highest BCUT2D eigenvalue weighted by Gasteiger charge is 2.09. The summed E-state index contributed by atoms with van der Waals surface area (Å²) in [5.41, 5.74) is 3.21. The van der Waals surface area contributed by atoms with Crippen LogP contribution < -0.4 is 15.3 Å². The molecule has 0 aliphatic heterocycles. The monoisotopic (exact) mass is 338 g/mol. The molecule has 0 amide bonds. The first kappa shape index (κ1) is 16.7. The zero-order valence-electron chi connectivity index (χ0n) is 13.8. The Bertz CT molecular complexity index is 830. The van der Waals surface area contributed by atoms with Crippen LogP contribution in [0.25, 0.3) is 0 Å². The summed E-state index contributed by atoms with van der Waals surface area (Å²) < 4.78 is 20.2. The molecule has 24 heavy (non-hydrogen) atoms. The lowest BCUT2D eigenvalue weighted by atomic mass is 10.2. The van der Waals surface area contributed by atoms with Crippen molar-refractivity contribution in [3.63, 3.8) is 0 Å². The van der Waals surface area contributed by atoms with Gasteiger partial charge in [-0.1, -0.05) is 62.7 Å². The van der Waals surface area contributed by atoms with E-state index in [9.17, 15) is 4.39 Å². The molecule has 1 unspecified atom stereocenters. The zero-order valence-corrected chi connectivity index (χ0v) is 14.8. The van der Waals surface area contributed by atoms with E-state index in [0.717, 1.165) is 33.0 Å². The van der Waals surface area contributed by atoms with Crippen molar-refractivity contribution in [1.29, 1.82) is 0 Å². The third kappa shape index (κ3) is 4.21. The SMILES string of the molecule is Cc1ccc(Pc2cc(C)ccc2OCc2ccccc2)c(F)c1. The lowest BCUT2D eigenvalue weighted by molar-refractivity contribution is 0.309. The van der Waals surface area contributed by atoms with E-state index in [-0.39, 0.29) is 14.4 Å². The molecule has 1 atom stereocenters. The first-order valence-electron chi connectivity index (χ1n) is 7.92. The molecule has 0 fully saturated rings. The number of halogens is 1. The van der Waals surface area contributed by atoms with Gasteiger partial charge in [-0.15, -0.1) is 0 Å². The van der Waals surface area contributed by atoms with Crippen molar-refractivity contribution >= 4 is 19.2 Å². The van der Waals surface area contributed by atoms with Crippen molar-refractivity contribution in [3.8, 4) is 5.75 Å². The Morgan fingerprint density at radius 2 is 1.54 bits per heavy atom. The minimum Gasteiger partial charge on any atom is -0.488 e. The van der Waals surface area contributed by atoms with Gasteiger partial charge in [-0.3, -0.25) is 0 Å². The number of rotatable bonds is 5. The fraction of sp³-hybridized carbons (Fsp3) is 0.143. The van der Waals surface area contributed by atoms with Crippen LogP contribution in [0.4, 0.5) is 4.39 Å². The van der Waals surface area contributed by atoms with Crippen molar-refractivity contribution < 1.29 is 9.13 Å². The van der Waals surface area contributed by atoms with E-state index >= 15 is 0 Å². The standard InChI is InChI=1S/C21H20FOP/c1-15-9-11-20(18(22)12-15)24-21-13-16(2)8-10-19(21)23-14-17-6-4-3-5-7-17/h3-13,24H,14H2,1-2H3. The van der Waals surface area contributed by atoms with Gasteiger partial charge in [-0.05, 0) is 43.2 Å². The van der Waals surface area contributed by atoms with Crippen LogP contribution in [0, 0.1) is 19.7 Å². The van der Waals surface area contributed by atoms with Crippen LogP contribution in [-0.4, -0.2) is 0 Å². The molecular formula is C21H20FOP. The summed E-state index contributed by atoms with van der Waals surface area (Å²) in [4.78, 5) is 0.